The van der Waals surface area contributed by atoms with Gasteiger partial charge >= 0.3 is 5.97 Å². The van der Waals surface area contributed by atoms with Gasteiger partial charge in [0.15, 0.2) is 0 Å². The molecule has 5 unspecified atom stereocenters. The summed E-state index contributed by atoms with van der Waals surface area (Å²) in [5.41, 5.74) is 8.04. The molecule has 2 aliphatic carbocycles. The smallest absolute Gasteiger partial charge is 0.307 e. The molecule has 6 N–H and O–H groups in total. The van der Waals surface area contributed by atoms with Crippen LogP contribution in [0.2, 0.25) is 0 Å². The minimum absolute atomic E-state index is 0.00783. The molecule has 0 bridgehead atoms. The summed E-state index contributed by atoms with van der Waals surface area (Å²) in [5.74, 6) is -1.02. The van der Waals surface area contributed by atoms with E-state index in [-0.39, 0.29) is 41.7 Å². The first kappa shape index (κ1) is 24.9. The zero-order chi connectivity index (χ0) is 25.6. The lowest BCUT2D eigenvalue weighted by atomic mass is 9.90. The Kier molecular flexibility index (Phi) is 6.77. The maximum Gasteiger partial charge on any atom is 0.307 e. The van der Waals surface area contributed by atoms with Gasteiger partial charge in [0.1, 0.15) is 6.29 Å². The van der Waals surface area contributed by atoms with Crippen LogP contribution in [0.3, 0.4) is 0 Å². The van der Waals surface area contributed by atoms with Crippen molar-refractivity contribution >= 4 is 23.3 Å². The summed E-state index contributed by atoms with van der Waals surface area (Å²) in [6, 6.07) is 9.03. The van der Waals surface area contributed by atoms with Crippen LogP contribution < -0.4 is 31.7 Å². The molecule has 10 nitrogen and oxygen atoms in total. The molecular formula is C27H41N7O3. The molecule has 1 aromatic carbocycles. The number of nitrogens with zero attached hydrogens (tertiary/aromatic N) is 2. The van der Waals surface area contributed by atoms with Crippen molar-refractivity contribution < 1.29 is 14.7 Å². The Morgan fingerprint density at radius 1 is 1.11 bits per heavy atom. The van der Waals surface area contributed by atoms with Crippen LogP contribution in [0.1, 0.15) is 51.4 Å². The highest BCUT2D eigenvalue weighted by atomic mass is 16.4. The summed E-state index contributed by atoms with van der Waals surface area (Å²) in [6.45, 7) is 2.49. The standard InChI is InChI=1S/C27H41N7O3/c1-33(18-5-3-2-4-6-18)26-30-21-16-28-32-24(35)22(21)23(31-26)29-17-7-9-19(10-8-17)34-13-11-27(12-14-34)15-20(27)25(36)37/h7-10,18,20-23,26,28-31H,2-6,11-16H2,1H3,(H,32,35)(H,36,37). The highest BCUT2D eigenvalue weighted by Gasteiger charge is 2.58. The van der Waals surface area contributed by atoms with Crippen LogP contribution in [0, 0.1) is 17.3 Å². The second kappa shape index (κ2) is 10.1. The van der Waals surface area contributed by atoms with Crippen molar-refractivity contribution in [2.24, 2.45) is 17.3 Å². The molecule has 3 saturated heterocycles. The quantitative estimate of drug-likeness (QED) is 0.337. The first-order valence-electron chi connectivity index (χ1n) is 14.0. The summed E-state index contributed by atoms with van der Waals surface area (Å²) in [5, 5.41) is 20.4. The fourth-order valence-corrected chi connectivity index (χ4v) is 7.19. The number of hydrogen-bond acceptors (Lipinski definition) is 8. The van der Waals surface area contributed by atoms with E-state index >= 15 is 0 Å². The number of hydrogen-bond donors (Lipinski definition) is 6. The molecule has 1 amide bonds. The van der Waals surface area contributed by atoms with E-state index in [1.54, 1.807) is 0 Å². The normalized spacial score (nSPS) is 33.6. The van der Waals surface area contributed by atoms with Gasteiger partial charge in [0.25, 0.3) is 0 Å². The molecule has 5 fully saturated rings. The van der Waals surface area contributed by atoms with Gasteiger partial charge < -0.3 is 15.3 Å². The zero-order valence-corrected chi connectivity index (χ0v) is 21.7. The summed E-state index contributed by atoms with van der Waals surface area (Å²) >= 11 is 0. The number of carbonyl (C=O) groups is 2. The Bertz CT molecular complexity index is 990. The minimum atomic E-state index is -0.632. The number of carboxylic acid groups (broad SMARTS) is 1. The predicted octanol–water partition coefficient (Wildman–Crippen LogP) is 1.48. The van der Waals surface area contributed by atoms with Gasteiger partial charge in [0.05, 0.1) is 18.0 Å². The highest BCUT2D eigenvalue weighted by molar-refractivity contribution is 5.81. The monoisotopic (exact) mass is 511 g/mol. The van der Waals surface area contributed by atoms with Crippen molar-refractivity contribution in [2.45, 2.75) is 75.9 Å². The first-order valence-corrected chi connectivity index (χ1v) is 14.0. The van der Waals surface area contributed by atoms with Crippen molar-refractivity contribution in [1.29, 1.82) is 0 Å². The molecule has 0 aromatic heterocycles. The Balaban J connectivity index is 1.11. The van der Waals surface area contributed by atoms with Gasteiger partial charge in [-0.05, 0) is 68.8 Å². The van der Waals surface area contributed by atoms with Gasteiger partial charge in [-0.2, -0.15) is 0 Å². The third-order valence-corrected chi connectivity index (χ3v) is 9.70. The topological polar surface area (TPSA) is 121 Å². The third kappa shape index (κ3) is 4.92. The number of carbonyl (C=O) groups excluding carboxylic acids is 1. The molecule has 0 radical (unpaired) electrons. The van der Waals surface area contributed by atoms with Crippen LogP contribution >= 0.6 is 0 Å². The van der Waals surface area contributed by atoms with Crippen molar-refractivity contribution in [2.75, 3.05) is 36.9 Å². The first-order chi connectivity index (χ1) is 17.9. The number of nitrogens with one attached hydrogen (secondary N) is 5. The third-order valence-electron chi connectivity index (χ3n) is 9.70. The lowest BCUT2D eigenvalue weighted by Crippen LogP contribution is -2.77. The summed E-state index contributed by atoms with van der Waals surface area (Å²) in [7, 11) is 2.19. The molecule has 6 rings (SSSR count). The SMILES string of the molecule is CN(C1CCCCC1)C1NC2CNNC(=O)C2C(Nc2ccc(N3CCC4(CC3)CC4C(=O)O)cc2)N1. The van der Waals surface area contributed by atoms with Crippen LogP contribution in [0.25, 0.3) is 0 Å². The number of carboxylic acids is 1. The van der Waals surface area contributed by atoms with Crippen LogP contribution in [-0.2, 0) is 9.59 Å². The Hall–Kier alpha value is -2.40. The van der Waals surface area contributed by atoms with E-state index in [1.807, 2.05) is 0 Å². The second-order valence-electron chi connectivity index (χ2n) is 11.8. The molecule has 2 saturated carbocycles. The van der Waals surface area contributed by atoms with Crippen LogP contribution in [0.4, 0.5) is 11.4 Å². The number of aliphatic carboxylic acids is 1. The number of hydrazine groups is 1. The van der Waals surface area contributed by atoms with E-state index < -0.39 is 5.97 Å². The fourth-order valence-electron chi connectivity index (χ4n) is 7.19. The van der Waals surface area contributed by atoms with Crippen molar-refractivity contribution in [3.05, 3.63) is 24.3 Å². The van der Waals surface area contributed by atoms with Crippen molar-refractivity contribution in [1.82, 2.24) is 26.4 Å². The molecule has 5 atom stereocenters. The second-order valence-corrected chi connectivity index (χ2v) is 11.8. The van der Waals surface area contributed by atoms with E-state index in [9.17, 15) is 14.7 Å². The molecule has 3 aliphatic heterocycles. The summed E-state index contributed by atoms with van der Waals surface area (Å²) in [4.78, 5) is 29.0. The molecule has 10 heteroatoms. The molecule has 1 spiro atoms. The Labute approximate surface area is 218 Å². The lowest BCUT2D eigenvalue weighted by molar-refractivity contribution is -0.139. The lowest BCUT2D eigenvalue weighted by Gasteiger charge is -2.49. The fraction of sp³-hybridized carbons (Fsp3) is 0.704. The molecular weight excluding hydrogens is 470 g/mol. The number of piperidine rings is 1. The number of benzene rings is 1. The van der Waals surface area contributed by atoms with Crippen LogP contribution in [0.15, 0.2) is 24.3 Å². The number of amides is 1. The average Bonchev–Trinajstić information content (AvgIpc) is 3.63. The number of anilines is 2. The largest absolute Gasteiger partial charge is 0.481 e. The van der Waals surface area contributed by atoms with E-state index in [0.717, 1.165) is 38.0 Å². The predicted molar refractivity (Wildman–Crippen MR) is 142 cm³/mol. The average molecular weight is 512 g/mol. The molecule has 3 heterocycles. The van der Waals surface area contributed by atoms with Crippen molar-refractivity contribution in [3.63, 3.8) is 0 Å². The van der Waals surface area contributed by atoms with E-state index in [4.69, 9.17) is 0 Å². The van der Waals surface area contributed by atoms with E-state index in [1.165, 1.54) is 37.8 Å². The van der Waals surface area contributed by atoms with Gasteiger partial charge in [-0.15, -0.1) is 0 Å². The van der Waals surface area contributed by atoms with Crippen LogP contribution in [-0.4, -0.2) is 73.1 Å². The maximum atomic E-state index is 12.8. The summed E-state index contributed by atoms with van der Waals surface area (Å²) < 4.78 is 0. The Morgan fingerprint density at radius 3 is 2.51 bits per heavy atom. The van der Waals surface area contributed by atoms with E-state index in [2.05, 4.69) is 67.9 Å². The molecule has 37 heavy (non-hydrogen) atoms. The van der Waals surface area contributed by atoms with Crippen molar-refractivity contribution in [3.8, 4) is 0 Å². The van der Waals surface area contributed by atoms with Gasteiger partial charge in [-0.25, -0.2) is 5.43 Å². The number of fused-ring (bicyclic) bond motifs is 1. The summed E-state index contributed by atoms with van der Waals surface area (Å²) in [6.07, 6.45) is 8.86. The molecule has 202 valence electrons. The van der Waals surface area contributed by atoms with Gasteiger partial charge in [0, 0.05) is 43.1 Å². The van der Waals surface area contributed by atoms with E-state index in [0.29, 0.717) is 12.6 Å². The minimum Gasteiger partial charge on any atom is -0.481 e. The zero-order valence-electron chi connectivity index (χ0n) is 21.7. The maximum absolute atomic E-state index is 12.8. The molecule has 1 aromatic rings. The van der Waals surface area contributed by atoms with Gasteiger partial charge in [0.2, 0.25) is 5.91 Å². The van der Waals surface area contributed by atoms with Gasteiger partial charge in [-0.1, -0.05) is 19.3 Å². The van der Waals surface area contributed by atoms with Crippen LogP contribution in [0.5, 0.6) is 0 Å². The molecule has 5 aliphatic rings. The highest BCUT2D eigenvalue weighted by Crippen LogP contribution is 2.59. The Morgan fingerprint density at radius 2 is 1.84 bits per heavy atom. The number of rotatable bonds is 6. The van der Waals surface area contributed by atoms with Gasteiger partial charge in [-0.3, -0.25) is 30.5 Å².